The molecule has 0 heterocycles. The van der Waals surface area contributed by atoms with E-state index in [0.29, 0.717) is 0 Å². The van der Waals surface area contributed by atoms with Gasteiger partial charge in [-0.2, -0.15) is 0 Å². The van der Waals surface area contributed by atoms with Crippen molar-refractivity contribution in [3.8, 4) is 0 Å². The molecule has 16 heavy (non-hydrogen) atoms. The van der Waals surface area contributed by atoms with E-state index in [0.717, 1.165) is 23.7 Å². The Morgan fingerprint density at radius 2 is 0.938 bits per heavy atom. The van der Waals surface area contributed by atoms with Crippen molar-refractivity contribution in [2.75, 3.05) is 0 Å². The van der Waals surface area contributed by atoms with E-state index >= 15 is 0 Å². The molecule has 0 fully saturated rings. The summed E-state index contributed by atoms with van der Waals surface area (Å²) in [4.78, 5) is 0. The summed E-state index contributed by atoms with van der Waals surface area (Å²) >= 11 is 0. The second-order valence-electron chi connectivity index (χ2n) is 6.03. The van der Waals surface area contributed by atoms with Crippen molar-refractivity contribution < 1.29 is 0 Å². The van der Waals surface area contributed by atoms with E-state index in [1.165, 1.54) is 25.7 Å². The van der Waals surface area contributed by atoms with Gasteiger partial charge in [0.1, 0.15) is 0 Å². The third kappa shape index (κ3) is 12.1. The van der Waals surface area contributed by atoms with Gasteiger partial charge in [0.05, 0.1) is 0 Å². The number of hydrogen-bond donors (Lipinski definition) is 0. The molecular formula is C16H36. The molecule has 0 heteroatoms. The second kappa shape index (κ2) is 11.5. The van der Waals surface area contributed by atoms with Crippen LogP contribution < -0.4 is 0 Å². The van der Waals surface area contributed by atoms with E-state index in [-0.39, 0.29) is 0 Å². The van der Waals surface area contributed by atoms with Gasteiger partial charge in [0, 0.05) is 0 Å². The highest BCUT2D eigenvalue weighted by molar-refractivity contribution is 4.59. The predicted octanol–water partition coefficient (Wildman–Crippen LogP) is 6.16. The van der Waals surface area contributed by atoms with Gasteiger partial charge in [-0.3, -0.25) is 0 Å². The summed E-state index contributed by atoms with van der Waals surface area (Å²) < 4.78 is 0. The van der Waals surface area contributed by atoms with E-state index in [1.807, 2.05) is 0 Å². The Balaban J connectivity index is 0. The first-order valence-electron chi connectivity index (χ1n) is 7.36. The maximum Gasteiger partial charge on any atom is -0.0396 e. The van der Waals surface area contributed by atoms with Gasteiger partial charge >= 0.3 is 0 Å². The van der Waals surface area contributed by atoms with Gasteiger partial charge in [-0.05, 0) is 23.7 Å². The van der Waals surface area contributed by atoms with Crippen molar-refractivity contribution in [2.45, 2.75) is 81.1 Å². The fourth-order valence-electron chi connectivity index (χ4n) is 1.90. The molecule has 0 rings (SSSR count). The van der Waals surface area contributed by atoms with Crippen molar-refractivity contribution in [3.05, 3.63) is 0 Å². The molecule has 0 aromatic heterocycles. The van der Waals surface area contributed by atoms with E-state index in [1.54, 1.807) is 0 Å². The van der Waals surface area contributed by atoms with Crippen molar-refractivity contribution in [1.29, 1.82) is 0 Å². The molecule has 0 atom stereocenters. The van der Waals surface area contributed by atoms with Gasteiger partial charge in [-0.25, -0.2) is 0 Å². The smallest absolute Gasteiger partial charge is 0.0396 e. The molecule has 0 radical (unpaired) electrons. The zero-order chi connectivity index (χ0) is 13.1. The highest BCUT2D eigenvalue weighted by Gasteiger charge is 2.09. The first-order valence-corrected chi connectivity index (χ1v) is 7.36. The molecule has 0 aliphatic rings. The molecule has 0 saturated carbocycles. The van der Waals surface area contributed by atoms with Gasteiger partial charge < -0.3 is 0 Å². The molecule has 0 aliphatic heterocycles. The minimum Gasteiger partial charge on any atom is -0.0654 e. The molecular weight excluding hydrogens is 192 g/mol. The van der Waals surface area contributed by atoms with Crippen molar-refractivity contribution in [2.24, 2.45) is 23.7 Å². The molecule has 0 aliphatic carbocycles. The summed E-state index contributed by atoms with van der Waals surface area (Å²) in [5.41, 5.74) is 0. The summed E-state index contributed by atoms with van der Waals surface area (Å²) in [5.74, 6) is 3.52. The molecule has 0 unspecified atom stereocenters. The molecule has 100 valence electrons. The Hall–Kier alpha value is 0. The molecule has 0 saturated heterocycles. The Bertz CT molecular complexity index is 110. The summed E-state index contributed by atoms with van der Waals surface area (Å²) in [7, 11) is 0. The largest absolute Gasteiger partial charge is 0.0654 e. The lowest BCUT2D eigenvalue weighted by Crippen LogP contribution is -2.10. The summed E-state index contributed by atoms with van der Waals surface area (Å²) in [6, 6.07) is 0. The molecule has 0 amide bonds. The van der Waals surface area contributed by atoms with E-state index in [4.69, 9.17) is 0 Å². The first-order chi connectivity index (χ1) is 7.36. The maximum absolute atomic E-state index is 2.34. The molecule has 0 nitrogen and oxygen atoms in total. The summed E-state index contributed by atoms with van der Waals surface area (Å²) in [6.07, 6.45) is 5.52. The zero-order valence-corrected chi connectivity index (χ0v) is 13.1. The maximum atomic E-state index is 2.34. The van der Waals surface area contributed by atoms with E-state index in [2.05, 4.69) is 55.4 Å². The van der Waals surface area contributed by atoms with Crippen LogP contribution in [-0.4, -0.2) is 0 Å². The van der Waals surface area contributed by atoms with Gasteiger partial charge in [-0.1, -0.05) is 81.1 Å². The predicted molar refractivity (Wildman–Crippen MR) is 77.8 cm³/mol. The van der Waals surface area contributed by atoms with Crippen molar-refractivity contribution in [1.82, 2.24) is 0 Å². The van der Waals surface area contributed by atoms with Crippen LogP contribution in [0.2, 0.25) is 0 Å². The Labute approximate surface area is 105 Å². The van der Waals surface area contributed by atoms with Crippen LogP contribution >= 0.6 is 0 Å². The highest BCUT2D eigenvalue weighted by Crippen LogP contribution is 2.18. The fraction of sp³-hybridized carbons (Fsp3) is 1.00. The normalized spacial score (nSPS) is 11.2. The lowest BCUT2D eigenvalue weighted by atomic mass is 9.88. The van der Waals surface area contributed by atoms with Crippen LogP contribution in [0.3, 0.4) is 0 Å². The first kappa shape index (κ1) is 18.4. The zero-order valence-electron chi connectivity index (χ0n) is 13.1. The molecule has 0 N–H and O–H groups in total. The minimum absolute atomic E-state index is 0.843. The van der Waals surface area contributed by atoms with Crippen LogP contribution in [0.5, 0.6) is 0 Å². The van der Waals surface area contributed by atoms with Crippen LogP contribution in [0.25, 0.3) is 0 Å². The topological polar surface area (TPSA) is 0 Å². The monoisotopic (exact) mass is 228 g/mol. The lowest BCUT2D eigenvalue weighted by molar-refractivity contribution is 0.316. The Morgan fingerprint density at radius 1 is 0.625 bits per heavy atom. The van der Waals surface area contributed by atoms with Gasteiger partial charge in [-0.15, -0.1) is 0 Å². The average Bonchev–Trinajstić information content (AvgIpc) is 2.18. The molecule has 0 aromatic carbocycles. The number of hydrogen-bond acceptors (Lipinski definition) is 0. The SMILES string of the molecule is CC(C)C(C)C(C)C.CCCC(C)CCC. The van der Waals surface area contributed by atoms with Crippen molar-refractivity contribution in [3.63, 3.8) is 0 Å². The summed E-state index contributed by atoms with van der Waals surface area (Å²) in [5, 5.41) is 0. The number of rotatable bonds is 6. The highest BCUT2D eigenvalue weighted by atomic mass is 14.2. The van der Waals surface area contributed by atoms with Crippen LogP contribution in [-0.2, 0) is 0 Å². The van der Waals surface area contributed by atoms with Crippen molar-refractivity contribution >= 4 is 0 Å². The third-order valence-electron chi connectivity index (χ3n) is 3.67. The Morgan fingerprint density at radius 3 is 1.06 bits per heavy atom. The lowest BCUT2D eigenvalue weighted by Gasteiger charge is -2.18. The fourth-order valence-corrected chi connectivity index (χ4v) is 1.90. The molecule has 0 bridgehead atoms. The van der Waals surface area contributed by atoms with Crippen LogP contribution in [0.1, 0.15) is 81.1 Å². The van der Waals surface area contributed by atoms with Crippen LogP contribution in [0.15, 0.2) is 0 Å². The summed E-state index contributed by atoms with van der Waals surface area (Å²) in [6.45, 7) is 18.3. The second-order valence-corrected chi connectivity index (χ2v) is 6.03. The molecule has 0 aromatic rings. The van der Waals surface area contributed by atoms with Gasteiger partial charge in [0.25, 0.3) is 0 Å². The minimum atomic E-state index is 0.843. The van der Waals surface area contributed by atoms with Crippen LogP contribution in [0, 0.1) is 23.7 Å². The van der Waals surface area contributed by atoms with Gasteiger partial charge in [0.15, 0.2) is 0 Å². The molecule has 0 spiro atoms. The van der Waals surface area contributed by atoms with E-state index in [9.17, 15) is 0 Å². The van der Waals surface area contributed by atoms with Gasteiger partial charge in [0.2, 0.25) is 0 Å². The Kier molecular flexibility index (Phi) is 13.2. The van der Waals surface area contributed by atoms with Crippen LogP contribution in [0.4, 0.5) is 0 Å². The third-order valence-corrected chi connectivity index (χ3v) is 3.67. The van der Waals surface area contributed by atoms with E-state index < -0.39 is 0 Å². The standard InChI is InChI=1S/2C8H18/c1-6(2)8(5)7(3)4;1-4-6-8(3)7-5-2/h6-8H,1-5H3;8H,4-7H2,1-3H3. The quantitative estimate of drug-likeness (QED) is 0.511. The average molecular weight is 228 g/mol.